The third-order valence-electron chi connectivity index (χ3n) is 5.20. The van der Waals surface area contributed by atoms with Crippen molar-refractivity contribution in [1.82, 2.24) is 9.80 Å². The molecule has 2 aromatic carbocycles. The van der Waals surface area contributed by atoms with Gasteiger partial charge in [-0.05, 0) is 0 Å². The Morgan fingerprint density at radius 1 is 0.806 bits per heavy atom. The first-order valence-corrected chi connectivity index (χ1v) is 15.0. The van der Waals surface area contributed by atoms with Crippen LogP contribution in [0.25, 0.3) is 6.08 Å². The molecule has 0 atom stereocenters. The zero-order valence-electron chi connectivity index (χ0n) is 16.7. The summed E-state index contributed by atoms with van der Waals surface area (Å²) in [6.07, 6.45) is 1.80. The Bertz CT molecular complexity index is 1210. The molecule has 5 rings (SSSR count). The summed E-state index contributed by atoms with van der Waals surface area (Å²) in [5.74, 6) is -0.532. The van der Waals surface area contributed by atoms with Crippen molar-refractivity contribution in [3.8, 4) is 0 Å². The number of benzene rings is 2. The van der Waals surface area contributed by atoms with Gasteiger partial charge in [-0.3, -0.25) is 0 Å². The molecule has 1 fully saturated rings. The van der Waals surface area contributed by atoms with Gasteiger partial charge in [0.05, 0.1) is 0 Å². The van der Waals surface area contributed by atoms with Gasteiger partial charge in [-0.15, -0.1) is 0 Å². The molecule has 31 heavy (non-hydrogen) atoms. The van der Waals surface area contributed by atoms with Crippen molar-refractivity contribution in [2.75, 3.05) is 19.0 Å². The molecule has 5 nitrogen and oxygen atoms in total. The summed E-state index contributed by atoms with van der Waals surface area (Å²) in [5.41, 5.74) is 2.76. The van der Waals surface area contributed by atoms with Crippen LogP contribution in [-0.4, -0.2) is 97.3 Å². The first kappa shape index (κ1) is 21.2. The van der Waals surface area contributed by atoms with Crippen molar-refractivity contribution >= 4 is 102 Å². The summed E-state index contributed by atoms with van der Waals surface area (Å²) in [6, 6.07) is 21.5. The van der Waals surface area contributed by atoms with Crippen LogP contribution in [0.1, 0.15) is 3.58 Å². The maximum absolute atomic E-state index is 12.7. The molecule has 3 aromatic rings. The van der Waals surface area contributed by atoms with E-state index in [9.17, 15) is 9.59 Å². The van der Waals surface area contributed by atoms with Crippen LogP contribution in [0.4, 0.5) is 15.1 Å². The van der Waals surface area contributed by atoms with E-state index in [4.69, 9.17) is 0 Å². The molecule has 2 aliphatic heterocycles. The second-order valence-electron chi connectivity index (χ2n) is 7.12. The van der Waals surface area contributed by atoms with Gasteiger partial charge in [0, 0.05) is 0 Å². The third-order valence-corrected chi connectivity index (χ3v) is 12.5. The summed E-state index contributed by atoms with van der Waals surface area (Å²) in [6.45, 7) is 0. The standard InChI is InChI=1S/C23H17N3O2SeTe2/c1-24-21(27)15(22(28)25(2)23(24)29)13-14-11-12-20(30-14)26-16-7-3-5-9-18(16)31-19-10-6-4-8-17(19)26/h3-13H,1-2H3. The Morgan fingerprint density at radius 2 is 1.35 bits per heavy atom. The minimum absolute atomic E-state index is 0.223. The fourth-order valence-electron chi connectivity index (χ4n) is 3.60. The maximum atomic E-state index is 12.7. The van der Waals surface area contributed by atoms with Gasteiger partial charge in [0.2, 0.25) is 0 Å². The number of carbonyl (C=O) groups excluding carboxylic acids is 2. The summed E-state index contributed by atoms with van der Waals surface area (Å²) < 4.78 is 5.76. The Morgan fingerprint density at radius 3 is 1.94 bits per heavy atom. The molecular weight excluding hydrogens is 684 g/mol. The molecule has 0 aliphatic carbocycles. The van der Waals surface area contributed by atoms with Crippen molar-refractivity contribution < 1.29 is 9.59 Å². The van der Waals surface area contributed by atoms with Crippen LogP contribution in [-0.2, 0) is 9.59 Å². The molecule has 1 aromatic heterocycles. The molecule has 0 bridgehead atoms. The Balaban J connectivity index is 1.57. The van der Waals surface area contributed by atoms with E-state index in [0.717, 1.165) is 3.58 Å². The monoisotopic (exact) mass is 707 g/mol. The number of hydrogen-bond donors (Lipinski definition) is 0. The molecule has 0 radical (unpaired) electrons. The number of anilines is 3. The van der Waals surface area contributed by atoms with Gasteiger partial charge in [0.1, 0.15) is 0 Å². The summed E-state index contributed by atoms with van der Waals surface area (Å²) in [7, 11) is 3.36. The molecular formula is C23H17N3O2SeTe2. The van der Waals surface area contributed by atoms with Crippen molar-refractivity contribution in [1.29, 1.82) is 0 Å². The molecule has 8 heteroatoms. The second-order valence-corrected chi connectivity index (χ2v) is 14.1. The fraction of sp³-hybridized carbons (Fsp3) is 0.0870. The molecule has 154 valence electrons. The molecule has 2 aliphatic rings. The minimum atomic E-state index is -0.762. The average molecular weight is 702 g/mol. The Labute approximate surface area is 208 Å². The number of likely N-dealkylation sites (N-methyl/N-ethyl adjacent to an activating group) is 2. The zero-order valence-corrected chi connectivity index (χ0v) is 23.1. The van der Waals surface area contributed by atoms with Crippen molar-refractivity contribution in [3.05, 3.63) is 69.8 Å². The van der Waals surface area contributed by atoms with Gasteiger partial charge < -0.3 is 0 Å². The molecule has 2 amide bonds. The molecule has 1 saturated heterocycles. The summed E-state index contributed by atoms with van der Waals surface area (Å²) in [5, 5.41) is 0. The van der Waals surface area contributed by atoms with E-state index in [-0.39, 0.29) is 17.4 Å². The second kappa shape index (κ2) is 8.38. The summed E-state index contributed by atoms with van der Waals surface area (Å²) >= 11 is 1.62. The Kier molecular flexibility index (Phi) is 5.74. The van der Waals surface area contributed by atoms with E-state index in [2.05, 4.69) is 81.1 Å². The average Bonchev–Trinajstić information content (AvgIpc) is 3.25. The number of carbonyl (C=O) groups is 2. The quantitative estimate of drug-likeness (QED) is 0.176. The van der Waals surface area contributed by atoms with Gasteiger partial charge in [-0.2, -0.15) is 0 Å². The van der Waals surface area contributed by atoms with Gasteiger partial charge in [-0.25, -0.2) is 0 Å². The van der Waals surface area contributed by atoms with Gasteiger partial charge >= 0.3 is 210 Å². The van der Waals surface area contributed by atoms with Crippen LogP contribution in [0.2, 0.25) is 0 Å². The Hall–Kier alpha value is -1.63. The first-order chi connectivity index (χ1) is 15.0. The molecule has 0 unspecified atom stereocenters. The SMILES string of the molecule is CN1C(=O)C(=Cc2ccc(N3c4ccccc4[Te]c4ccccc43)[te]2)C(=O)N(C)C1=[Se]. The van der Waals surface area contributed by atoms with E-state index in [1.807, 2.05) is 0 Å². The van der Waals surface area contributed by atoms with E-state index < -0.39 is 41.4 Å². The third kappa shape index (κ3) is 3.66. The number of amides is 2. The predicted octanol–water partition coefficient (Wildman–Crippen LogP) is 0.751. The normalized spacial score (nSPS) is 15.9. The van der Waals surface area contributed by atoms with Crippen molar-refractivity contribution in [3.63, 3.8) is 0 Å². The van der Waals surface area contributed by atoms with Crippen LogP contribution in [0.15, 0.2) is 66.2 Å². The van der Waals surface area contributed by atoms with Crippen LogP contribution in [0.5, 0.6) is 0 Å². The number of nitrogens with zero attached hydrogens (tertiary/aromatic N) is 3. The number of hydrogen-bond acceptors (Lipinski definition) is 3. The number of para-hydroxylation sites is 2. The van der Waals surface area contributed by atoms with E-state index >= 15 is 0 Å². The molecule has 3 heterocycles. The van der Waals surface area contributed by atoms with Crippen molar-refractivity contribution in [2.45, 2.75) is 0 Å². The van der Waals surface area contributed by atoms with Crippen LogP contribution in [0.3, 0.4) is 0 Å². The van der Waals surface area contributed by atoms with Crippen LogP contribution in [0, 0.1) is 0 Å². The van der Waals surface area contributed by atoms with Gasteiger partial charge in [0.15, 0.2) is 0 Å². The molecule has 0 N–H and O–H groups in total. The predicted molar refractivity (Wildman–Crippen MR) is 127 cm³/mol. The molecule has 0 saturated carbocycles. The molecule has 0 spiro atoms. The van der Waals surface area contributed by atoms with Crippen LogP contribution >= 0.6 is 0 Å². The van der Waals surface area contributed by atoms with E-state index in [1.54, 1.807) is 20.2 Å². The topological polar surface area (TPSA) is 43.9 Å². The van der Waals surface area contributed by atoms with Gasteiger partial charge in [-0.1, -0.05) is 0 Å². The van der Waals surface area contributed by atoms with Crippen molar-refractivity contribution in [2.24, 2.45) is 0 Å². The van der Waals surface area contributed by atoms with Crippen LogP contribution < -0.4 is 12.1 Å². The fourth-order valence-corrected chi connectivity index (χ4v) is 9.76. The van der Waals surface area contributed by atoms with Gasteiger partial charge in [0.25, 0.3) is 0 Å². The summed E-state index contributed by atoms with van der Waals surface area (Å²) in [4.78, 5) is 30.8. The number of rotatable bonds is 2. The zero-order chi connectivity index (χ0) is 21.7. The van der Waals surface area contributed by atoms with E-state index in [1.165, 1.54) is 32.1 Å². The first-order valence-electron chi connectivity index (χ1n) is 9.53. The van der Waals surface area contributed by atoms with E-state index in [0.29, 0.717) is 4.67 Å². The number of fused-ring (bicyclic) bond motifs is 2.